The van der Waals surface area contributed by atoms with Crippen LogP contribution in [0.15, 0.2) is 17.1 Å². The summed E-state index contributed by atoms with van der Waals surface area (Å²) >= 11 is 0. The lowest BCUT2D eigenvalue weighted by Crippen LogP contribution is -2.12. The van der Waals surface area contributed by atoms with Crippen LogP contribution in [-0.2, 0) is 11.2 Å². The second-order valence-electron chi connectivity index (χ2n) is 2.52. The lowest BCUT2D eigenvalue weighted by atomic mass is 10.1. The molecule has 0 aliphatic heterocycles. The normalized spacial score (nSPS) is 9.75. The van der Waals surface area contributed by atoms with Gasteiger partial charge in [-0.1, -0.05) is 0 Å². The van der Waals surface area contributed by atoms with E-state index in [-0.39, 0.29) is 11.8 Å². The fraction of sp³-hybridized carbons (Fsp3) is 0.250. The third kappa shape index (κ3) is 1.72. The molecular formula is C8H9NO3. The molecule has 1 aromatic heterocycles. The maximum Gasteiger partial charge on any atom is 0.309 e. The van der Waals surface area contributed by atoms with Gasteiger partial charge in [-0.25, -0.2) is 0 Å². The monoisotopic (exact) mass is 167 g/mol. The fourth-order valence-electron chi connectivity index (χ4n) is 0.935. The molecule has 0 amide bonds. The number of pyridine rings is 1. The minimum atomic E-state index is -0.944. The highest BCUT2D eigenvalue weighted by molar-refractivity contribution is 5.69. The summed E-state index contributed by atoms with van der Waals surface area (Å²) in [5.74, 6) is -0.944. The zero-order valence-electron chi connectivity index (χ0n) is 6.63. The molecule has 12 heavy (non-hydrogen) atoms. The van der Waals surface area contributed by atoms with Crippen LogP contribution in [0.3, 0.4) is 0 Å². The van der Waals surface area contributed by atoms with Gasteiger partial charge >= 0.3 is 5.97 Å². The van der Waals surface area contributed by atoms with Crippen LogP contribution in [0.2, 0.25) is 0 Å². The van der Waals surface area contributed by atoms with Gasteiger partial charge in [0.25, 0.3) is 0 Å². The number of rotatable bonds is 2. The molecule has 0 fully saturated rings. The first-order chi connectivity index (χ1) is 5.61. The van der Waals surface area contributed by atoms with Gasteiger partial charge in [-0.15, -0.1) is 0 Å². The first kappa shape index (κ1) is 8.52. The topological polar surface area (TPSA) is 70.2 Å². The summed E-state index contributed by atoms with van der Waals surface area (Å²) < 4.78 is 0. The number of carboxylic acid groups (broad SMARTS) is 1. The number of hydrogen-bond acceptors (Lipinski definition) is 2. The Morgan fingerprint density at radius 1 is 1.67 bits per heavy atom. The van der Waals surface area contributed by atoms with E-state index in [1.807, 2.05) is 0 Å². The summed E-state index contributed by atoms with van der Waals surface area (Å²) in [5.41, 5.74) is 0.805. The Kier molecular flexibility index (Phi) is 2.28. The average molecular weight is 167 g/mol. The maximum absolute atomic E-state index is 11.0. The van der Waals surface area contributed by atoms with Crippen molar-refractivity contribution < 1.29 is 9.90 Å². The highest BCUT2D eigenvalue weighted by Crippen LogP contribution is 1.98. The molecule has 0 unspecified atom stereocenters. The van der Waals surface area contributed by atoms with E-state index in [0.29, 0.717) is 11.3 Å². The van der Waals surface area contributed by atoms with Crippen LogP contribution in [0.1, 0.15) is 11.3 Å². The van der Waals surface area contributed by atoms with E-state index in [1.54, 1.807) is 6.92 Å². The zero-order valence-corrected chi connectivity index (χ0v) is 6.63. The van der Waals surface area contributed by atoms with Gasteiger partial charge in [0.2, 0.25) is 0 Å². The van der Waals surface area contributed by atoms with Crippen molar-refractivity contribution in [2.24, 2.45) is 0 Å². The summed E-state index contributed by atoms with van der Waals surface area (Å²) in [6.45, 7) is 1.61. The van der Waals surface area contributed by atoms with Crippen LogP contribution in [0.4, 0.5) is 0 Å². The van der Waals surface area contributed by atoms with Gasteiger partial charge in [0, 0.05) is 23.5 Å². The number of carboxylic acids is 1. The molecule has 0 aliphatic rings. The second-order valence-corrected chi connectivity index (χ2v) is 2.52. The number of aromatic nitrogens is 1. The molecular weight excluding hydrogens is 158 g/mol. The lowest BCUT2D eigenvalue weighted by Gasteiger charge is -1.99. The smallest absolute Gasteiger partial charge is 0.309 e. The second kappa shape index (κ2) is 3.21. The predicted octanol–water partition coefficient (Wildman–Crippen LogP) is 0.310. The molecule has 0 bridgehead atoms. The number of nitrogens with one attached hydrogen (secondary N) is 1. The van der Waals surface area contributed by atoms with Crippen LogP contribution in [0.5, 0.6) is 0 Å². The maximum atomic E-state index is 11.0. The molecule has 0 aromatic carbocycles. The Balaban J connectivity index is 3.08. The molecule has 0 saturated heterocycles. The summed E-state index contributed by atoms with van der Waals surface area (Å²) in [6, 6.07) is 1.38. The molecule has 0 radical (unpaired) electrons. The SMILES string of the molecule is Cc1c(CC(=O)O)[nH]ccc1=O. The van der Waals surface area contributed by atoms with E-state index < -0.39 is 5.97 Å². The molecule has 1 heterocycles. The Morgan fingerprint density at radius 2 is 2.33 bits per heavy atom. The molecule has 4 nitrogen and oxygen atoms in total. The Labute approximate surface area is 68.9 Å². The van der Waals surface area contributed by atoms with E-state index in [0.717, 1.165) is 0 Å². The van der Waals surface area contributed by atoms with Crippen molar-refractivity contribution in [1.82, 2.24) is 4.98 Å². The van der Waals surface area contributed by atoms with Crippen molar-refractivity contribution in [3.63, 3.8) is 0 Å². The Hall–Kier alpha value is -1.58. The first-order valence-corrected chi connectivity index (χ1v) is 3.50. The highest BCUT2D eigenvalue weighted by atomic mass is 16.4. The van der Waals surface area contributed by atoms with Crippen molar-refractivity contribution in [2.75, 3.05) is 0 Å². The fourth-order valence-corrected chi connectivity index (χ4v) is 0.935. The first-order valence-electron chi connectivity index (χ1n) is 3.50. The van der Waals surface area contributed by atoms with Crippen LogP contribution in [-0.4, -0.2) is 16.1 Å². The quantitative estimate of drug-likeness (QED) is 0.666. The molecule has 1 rings (SSSR count). The average Bonchev–Trinajstić information content (AvgIpc) is 1.98. The van der Waals surface area contributed by atoms with Crippen molar-refractivity contribution in [3.05, 3.63) is 33.7 Å². The number of H-pyrrole nitrogens is 1. The van der Waals surface area contributed by atoms with Crippen LogP contribution in [0.25, 0.3) is 0 Å². The minimum Gasteiger partial charge on any atom is -0.481 e. The summed E-state index contributed by atoms with van der Waals surface area (Å²) in [6.07, 6.45) is 1.31. The molecule has 0 atom stereocenters. The summed E-state index contributed by atoms with van der Waals surface area (Å²) in [7, 11) is 0. The highest BCUT2D eigenvalue weighted by Gasteiger charge is 2.05. The van der Waals surface area contributed by atoms with Crippen LogP contribution < -0.4 is 5.43 Å². The van der Waals surface area contributed by atoms with Gasteiger partial charge in [-0.05, 0) is 6.92 Å². The third-order valence-corrected chi connectivity index (χ3v) is 1.64. The summed E-state index contributed by atoms with van der Waals surface area (Å²) in [4.78, 5) is 24.0. The van der Waals surface area contributed by atoms with Gasteiger partial charge < -0.3 is 10.1 Å². The van der Waals surface area contributed by atoms with Gasteiger partial charge in [0.15, 0.2) is 5.43 Å². The Bertz CT molecular complexity index is 354. The van der Waals surface area contributed by atoms with Gasteiger partial charge in [0.1, 0.15) is 0 Å². The molecule has 64 valence electrons. The van der Waals surface area contributed by atoms with Gasteiger partial charge in [0.05, 0.1) is 6.42 Å². The Morgan fingerprint density at radius 3 is 2.92 bits per heavy atom. The largest absolute Gasteiger partial charge is 0.481 e. The van der Waals surface area contributed by atoms with E-state index in [4.69, 9.17) is 5.11 Å². The molecule has 1 aromatic rings. The predicted molar refractivity (Wildman–Crippen MR) is 43.1 cm³/mol. The number of hydrogen-bond donors (Lipinski definition) is 2. The van der Waals surface area contributed by atoms with Gasteiger partial charge in [-0.2, -0.15) is 0 Å². The van der Waals surface area contributed by atoms with Crippen molar-refractivity contribution in [1.29, 1.82) is 0 Å². The van der Waals surface area contributed by atoms with E-state index in [9.17, 15) is 9.59 Å². The van der Waals surface area contributed by atoms with Crippen molar-refractivity contribution in [2.45, 2.75) is 13.3 Å². The van der Waals surface area contributed by atoms with Crippen molar-refractivity contribution in [3.8, 4) is 0 Å². The molecule has 2 N–H and O–H groups in total. The van der Waals surface area contributed by atoms with E-state index >= 15 is 0 Å². The van der Waals surface area contributed by atoms with E-state index in [1.165, 1.54) is 12.3 Å². The van der Waals surface area contributed by atoms with Crippen molar-refractivity contribution >= 4 is 5.97 Å². The van der Waals surface area contributed by atoms with Crippen LogP contribution in [0, 0.1) is 6.92 Å². The van der Waals surface area contributed by atoms with Crippen LogP contribution >= 0.6 is 0 Å². The summed E-state index contributed by atoms with van der Waals surface area (Å²) in [5, 5.41) is 8.46. The van der Waals surface area contributed by atoms with Gasteiger partial charge in [-0.3, -0.25) is 9.59 Å². The molecule has 0 aliphatic carbocycles. The number of aliphatic carboxylic acids is 1. The number of aromatic amines is 1. The minimum absolute atomic E-state index is 0.134. The van der Waals surface area contributed by atoms with E-state index in [2.05, 4.69) is 4.98 Å². The molecule has 4 heteroatoms. The lowest BCUT2D eigenvalue weighted by molar-refractivity contribution is -0.136. The third-order valence-electron chi connectivity index (χ3n) is 1.64. The zero-order chi connectivity index (χ0) is 9.14. The standard InChI is InChI=1S/C8H9NO3/c1-5-6(4-8(11)12)9-3-2-7(5)10/h2-3H,4H2,1H3,(H,9,10)(H,11,12). The number of carbonyl (C=O) groups is 1. The molecule has 0 saturated carbocycles. The molecule has 0 spiro atoms.